The Hall–Kier alpha value is -2.63. The summed E-state index contributed by atoms with van der Waals surface area (Å²) < 4.78 is 0. The van der Waals surface area contributed by atoms with Crippen molar-refractivity contribution < 1.29 is 5.21 Å². The molecule has 3 rings (SSSR count). The van der Waals surface area contributed by atoms with E-state index in [1.54, 1.807) is 12.3 Å². The van der Waals surface area contributed by atoms with Gasteiger partial charge in [-0.15, -0.1) is 5.10 Å². The first-order valence-corrected chi connectivity index (χ1v) is 5.85. The molecule has 19 heavy (non-hydrogen) atoms. The number of hydrogen-bond donors (Lipinski definition) is 1. The van der Waals surface area contributed by atoms with Crippen LogP contribution >= 0.6 is 0 Å². The minimum Gasteiger partial charge on any atom is -0.410 e. The molecule has 0 aliphatic rings. The molecule has 0 bridgehead atoms. The highest BCUT2D eigenvalue weighted by Crippen LogP contribution is 2.31. The van der Waals surface area contributed by atoms with Gasteiger partial charge in [-0.1, -0.05) is 17.0 Å². The minimum absolute atomic E-state index is 0.575. The second kappa shape index (κ2) is 4.24. The lowest BCUT2D eigenvalue weighted by molar-refractivity contribution is 0.155. The van der Waals surface area contributed by atoms with E-state index in [9.17, 15) is 5.21 Å². The van der Waals surface area contributed by atoms with Gasteiger partial charge in [-0.2, -0.15) is 0 Å². The summed E-state index contributed by atoms with van der Waals surface area (Å²) in [6.45, 7) is 0. The van der Waals surface area contributed by atoms with Gasteiger partial charge in [-0.3, -0.25) is 0 Å². The van der Waals surface area contributed by atoms with Crippen LogP contribution < -0.4 is 4.90 Å². The van der Waals surface area contributed by atoms with Gasteiger partial charge in [0.2, 0.25) is 0 Å². The van der Waals surface area contributed by atoms with Gasteiger partial charge in [-0.25, -0.2) is 4.98 Å². The first kappa shape index (κ1) is 11.5. The van der Waals surface area contributed by atoms with Crippen LogP contribution in [-0.4, -0.2) is 39.4 Å². The highest BCUT2D eigenvalue weighted by Gasteiger charge is 2.14. The number of anilines is 1. The number of fused-ring (bicyclic) bond motifs is 1. The van der Waals surface area contributed by atoms with Gasteiger partial charge in [0.25, 0.3) is 0 Å². The van der Waals surface area contributed by atoms with Crippen LogP contribution in [0.1, 0.15) is 0 Å². The molecular weight excluding hydrogens is 242 g/mol. The van der Waals surface area contributed by atoms with Gasteiger partial charge < -0.3 is 10.1 Å². The maximum atomic E-state index is 9.58. The van der Waals surface area contributed by atoms with E-state index in [1.165, 1.54) is 0 Å². The van der Waals surface area contributed by atoms with Gasteiger partial charge in [0, 0.05) is 31.4 Å². The fourth-order valence-corrected chi connectivity index (χ4v) is 2.11. The lowest BCUT2D eigenvalue weighted by atomic mass is 10.0. The molecule has 6 heteroatoms. The lowest BCUT2D eigenvalue weighted by Gasteiger charge is -2.15. The Balaban J connectivity index is 2.31. The summed E-state index contributed by atoms with van der Waals surface area (Å²) in [6.07, 6.45) is 1.75. The molecule has 0 unspecified atom stereocenters. The number of aromatic nitrogens is 4. The molecular formula is C13H13N5O. The van der Waals surface area contributed by atoms with Gasteiger partial charge in [0.1, 0.15) is 16.9 Å². The van der Waals surface area contributed by atoms with E-state index in [2.05, 4.69) is 15.3 Å². The third-order valence-corrected chi connectivity index (χ3v) is 2.96. The van der Waals surface area contributed by atoms with Crippen molar-refractivity contribution in [2.45, 2.75) is 0 Å². The average Bonchev–Trinajstić information content (AvgIpc) is 2.81. The smallest absolute Gasteiger partial charge is 0.135 e. The molecule has 1 N–H and O–H groups in total. The summed E-state index contributed by atoms with van der Waals surface area (Å²) >= 11 is 0. The molecule has 0 saturated carbocycles. The molecule has 96 valence electrons. The van der Waals surface area contributed by atoms with Crippen molar-refractivity contribution in [1.82, 2.24) is 20.1 Å². The van der Waals surface area contributed by atoms with Crippen molar-refractivity contribution in [2.24, 2.45) is 0 Å². The van der Waals surface area contributed by atoms with Gasteiger partial charge in [0.05, 0.1) is 0 Å². The van der Waals surface area contributed by atoms with E-state index in [4.69, 9.17) is 0 Å². The fraction of sp³-hybridized carbons (Fsp3) is 0.154. The Morgan fingerprint density at radius 3 is 2.68 bits per heavy atom. The van der Waals surface area contributed by atoms with Crippen molar-refractivity contribution in [3.05, 3.63) is 36.5 Å². The Labute approximate surface area is 109 Å². The molecule has 0 radical (unpaired) electrons. The Bertz CT molecular complexity index is 735. The van der Waals surface area contributed by atoms with Gasteiger partial charge in [0.15, 0.2) is 0 Å². The van der Waals surface area contributed by atoms with Crippen molar-refractivity contribution in [3.8, 4) is 11.1 Å². The van der Waals surface area contributed by atoms with Gasteiger partial charge >= 0.3 is 0 Å². The van der Waals surface area contributed by atoms with Crippen LogP contribution in [0.4, 0.5) is 5.82 Å². The zero-order valence-corrected chi connectivity index (χ0v) is 10.6. The van der Waals surface area contributed by atoms with Crippen LogP contribution in [0.2, 0.25) is 0 Å². The molecule has 0 aliphatic carbocycles. The maximum absolute atomic E-state index is 9.58. The van der Waals surface area contributed by atoms with Gasteiger partial charge in [-0.05, 0) is 23.4 Å². The quantitative estimate of drug-likeness (QED) is 0.707. The van der Waals surface area contributed by atoms with Crippen LogP contribution in [0.3, 0.4) is 0 Å². The third kappa shape index (κ3) is 1.77. The fourth-order valence-electron chi connectivity index (χ4n) is 2.11. The Kier molecular flexibility index (Phi) is 2.56. The zero-order valence-electron chi connectivity index (χ0n) is 10.6. The van der Waals surface area contributed by atoms with Crippen molar-refractivity contribution >= 4 is 16.9 Å². The summed E-state index contributed by atoms with van der Waals surface area (Å²) in [5, 5.41) is 17.2. The Morgan fingerprint density at radius 2 is 1.89 bits per heavy atom. The SMILES string of the molecule is CN(C)c1ncccc1-c1cccc2c1nnn2O. The van der Waals surface area contributed by atoms with Crippen LogP contribution in [0.25, 0.3) is 22.2 Å². The molecule has 0 fully saturated rings. The standard InChI is InChI=1S/C13H13N5O/c1-17(2)13-10(6-4-8-14-13)9-5-3-7-11-12(9)15-16-18(11)19/h3-8,19H,1-2H3. The molecule has 0 amide bonds. The molecule has 3 aromatic rings. The van der Waals surface area contributed by atoms with Crippen molar-refractivity contribution in [1.29, 1.82) is 0 Å². The van der Waals surface area contributed by atoms with E-state index >= 15 is 0 Å². The van der Waals surface area contributed by atoms with Crippen LogP contribution in [0.5, 0.6) is 0 Å². The number of benzene rings is 1. The molecule has 0 aliphatic heterocycles. The second-order valence-corrected chi connectivity index (χ2v) is 4.42. The van der Waals surface area contributed by atoms with Crippen molar-refractivity contribution in [2.75, 3.05) is 19.0 Å². The maximum Gasteiger partial charge on any atom is 0.135 e. The van der Waals surface area contributed by atoms with Crippen LogP contribution in [0, 0.1) is 0 Å². The molecule has 0 atom stereocenters. The first-order chi connectivity index (χ1) is 9.18. The topological polar surface area (TPSA) is 67.1 Å². The van der Waals surface area contributed by atoms with E-state index < -0.39 is 0 Å². The highest BCUT2D eigenvalue weighted by atomic mass is 16.5. The van der Waals surface area contributed by atoms with E-state index in [0.29, 0.717) is 11.0 Å². The number of pyridine rings is 1. The molecule has 6 nitrogen and oxygen atoms in total. The number of nitrogens with zero attached hydrogens (tertiary/aromatic N) is 5. The van der Waals surface area contributed by atoms with E-state index in [1.807, 2.05) is 43.3 Å². The normalized spacial score (nSPS) is 10.8. The predicted molar refractivity (Wildman–Crippen MR) is 72.3 cm³/mol. The molecule has 0 saturated heterocycles. The average molecular weight is 255 g/mol. The van der Waals surface area contributed by atoms with E-state index in [-0.39, 0.29) is 0 Å². The summed E-state index contributed by atoms with van der Waals surface area (Å²) in [6, 6.07) is 9.43. The molecule has 2 aromatic heterocycles. The second-order valence-electron chi connectivity index (χ2n) is 4.42. The molecule has 0 spiro atoms. The Morgan fingerprint density at radius 1 is 1.11 bits per heavy atom. The predicted octanol–water partition coefficient (Wildman–Crippen LogP) is 1.80. The third-order valence-electron chi connectivity index (χ3n) is 2.96. The number of hydrogen-bond acceptors (Lipinski definition) is 5. The largest absolute Gasteiger partial charge is 0.410 e. The van der Waals surface area contributed by atoms with Crippen LogP contribution in [-0.2, 0) is 0 Å². The number of rotatable bonds is 2. The molecule has 1 aromatic carbocycles. The summed E-state index contributed by atoms with van der Waals surface area (Å²) in [5.41, 5.74) is 3.08. The molecule has 2 heterocycles. The van der Waals surface area contributed by atoms with Crippen molar-refractivity contribution in [3.63, 3.8) is 0 Å². The monoisotopic (exact) mass is 255 g/mol. The van der Waals surface area contributed by atoms with Crippen LogP contribution in [0.15, 0.2) is 36.5 Å². The highest BCUT2D eigenvalue weighted by molar-refractivity contribution is 5.94. The van der Waals surface area contributed by atoms with E-state index in [0.717, 1.165) is 21.8 Å². The summed E-state index contributed by atoms with van der Waals surface area (Å²) in [4.78, 5) is 7.10. The first-order valence-electron chi connectivity index (χ1n) is 5.85. The minimum atomic E-state index is 0.575. The summed E-state index contributed by atoms with van der Waals surface area (Å²) in [5.74, 6) is 0.850. The lowest BCUT2D eigenvalue weighted by Crippen LogP contribution is -2.11. The summed E-state index contributed by atoms with van der Waals surface area (Å²) in [7, 11) is 3.88. The zero-order chi connectivity index (χ0) is 13.4.